The van der Waals surface area contributed by atoms with Gasteiger partial charge in [-0.1, -0.05) is 18.6 Å². The summed E-state index contributed by atoms with van der Waals surface area (Å²) < 4.78 is 63.3. The molecule has 272 valence electrons. The highest BCUT2D eigenvalue weighted by atomic mass is 31.2. The van der Waals surface area contributed by atoms with Gasteiger partial charge in [-0.25, -0.2) is 8.78 Å². The molecular weight excluding hydrogens is 689 g/mol. The molecule has 1 atom stereocenters. The first-order valence-electron chi connectivity index (χ1n) is 17.3. The molecule has 4 aromatic rings. The maximum atomic E-state index is 17.2. The van der Waals surface area contributed by atoms with Crippen molar-refractivity contribution in [2.75, 3.05) is 84.0 Å². The van der Waals surface area contributed by atoms with E-state index in [-0.39, 0.29) is 51.7 Å². The molecule has 2 aliphatic heterocycles. The fraction of sp³-hybridized carbons (Fsp3) is 0.421. The van der Waals surface area contributed by atoms with Gasteiger partial charge >= 0.3 is 6.01 Å². The van der Waals surface area contributed by atoms with Gasteiger partial charge < -0.3 is 29.0 Å². The number of hydrogen-bond donors (Lipinski definition) is 1. The first-order valence-corrected chi connectivity index (χ1v) is 19.9. The van der Waals surface area contributed by atoms with Crippen molar-refractivity contribution in [2.24, 2.45) is 5.41 Å². The molecule has 2 aromatic carbocycles. The van der Waals surface area contributed by atoms with Crippen molar-refractivity contribution < 1.29 is 32.4 Å². The zero-order valence-electron chi connectivity index (χ0n) is 29.3. The van der Waals surface area contributed by atoms with Crippen LogP contribution in [0.1, 0.15) is 18.4 Å². The number of nitrogens with zero attached hydrogens (tertiary/aromatic N) is 5. The molecular formula is C38H41F2N6O5P. The number of pyridine rings is 1. The predicted octanol–water partition coefficient (Wildman–Crippen LogP) is 4.35. The topological polar surface area (TPSA) is 119 Å². The van der Waals surface area contributed by atoms with Crippen molar-refractivity contribution in [2.45, 2.75) is 18.9 Å². The highest BCUT2D eigenvalue weighted by molar-refractivity contribution is 7.70. The molecule has 2 aromatic heterocycles. The van der Waals surface area contributed by atoms with Crippen molar-refractivity contribution >= 4 is 45.8 Å². The number of carbonyl (C=O) groups excluding carboxylic acids is 1. The molecule has 0 radical (unpaired) electrons. The zero-order chi connectivity index (χ0) is 36.6. The zero-order valence-corrected chi connectivity index (χ0v) is 30.2. The Morgan fingerprint density at radius 2 is 1.94 bits per heavy atom. The number of halogens is 2. The Bertz CT molecular complexity index is 2140. The number of rotatable bonds is 10. The van der Waals surface area contributed by atoms with E-state index in [1.54, 1.807) is 25.5 Å². The smallest absolute Gasteiger partial charge is 0.319 e. The van der Waals surface area contributed by atoms with Crippen LogP contribution < -0.4 is 20.3 Å². The minimum absolute atomic E-state index is 0.00997. The molecule has 1 aliphatic carbocycles. The van der Waals surface area contributed by atoms with E-state index in [1.807, 2.05) is 4.90 Å². The average Bonchev–Trinajstić information content (AvgIpc) is 3.94. The van der Waals surface area contributed by atoms with E-state index >= 15 is 8.78 Å². The summed E-state index contributed by atoms with van der Waals surface area (Å²) in [5.41, 5.74) is -0.122. The van der Waals surface area contributed by atoms with Crippen molar-refractivity contribution in [1.82, 2.24) is 25.2 Å². The van der Waals surface area contributed by atoms with Crippen LogP contribution in [0.4, 0.5) is 14.6 Å². The third kappa shape index (κ3) is 7.39. The van der Waals surface area contributed by atoms with E-state index in [0.717, 1.165) is 32.5 Å². The third-order valence-electron chi connectivity index (χ3n) is 9.94. The number of aromatic nitrogens is 3. The van der Waals surface area contributed by atoms with Crippen molar-refractivity contribution in [3.63, 3.8) is 0 Å². The molecule has 1 saturated carbocycles. The summed E-state index contributed by atoms with van der Waals surface area (Å²) in [5.74, 6) is 0.987. The van der Waals surface area contributed by atoms with Crippen LogP contribution in [0.2, 0.25) is 0 Å². The van der Waals surface area contributed by atoms with Gasteiger partial charge in [0, 0.05) is 60.6 Å². The predicted molar refractivity (Wildman–Crippen MR) is 197 cm³/mol. The quantitative estimate of drug-likeness (QED) is 0.143. The maximum absolute atomic E-state index is 17.2. The lowest BCUT2D eigenvalue weighted by molar-refractivity contribution is -0.117. The number of benzene rings is 2. The van der Waals surface area contributed by atoms with Crippen molar-refractivity contribution in [1.29, 1.82) is 0 Å². The van der Waals surface area contributed by atoms with Crippen LogP contribution in [-0.4, -0.2) is 111 Å². The number of anilines is 1. The molecule has 1 N–H and O–H groups in total. The molecule has 7 rings (SSSR count). The minimum atomic E-state index is -2.86. The number of terminal acetylenes is 1. The molecule has 2 saturated heterocycles. The van der Waals surface area contributed by atoms with Gasteiger partial charge in [0.2, 0.25) is 5.91 Å². The molecule has 3 aliphatic rings. The fourth-order valence-corrected chi connectivity index (χ4v) is 7.79. The molecule has 0 unspecified atom stereocenters. The first-order chi connectivity index (χ1) is 25.0. The molecule has 52 heavy (non-hydrogen) atoms. The van der Waals surface area contributed by atoms with E-state index in [0.29, 0.717) is 61.4 Å². The second-order valence-corrected chi connectivity index (χ2v) is 17.3. The molecule has 4 heterocycles. The van der Waals surface area contributed by atoms with E-state index in [9.17, 15) is 9.36 Å². The number of ether oxygens (including phenoxy) is 3. The lowest BCUT2D eigenvalue weighted by Crippen LogP contribution is -2.44. The van der Waals surface area contributed by atoms with E-state index in [2.05, 4.69) is 32.7 Å². The Balaban J connectivity index is 1.35. The Kier molecular flexibility index (Phi) is 10.0. The number of carbonyl (C=O) groups is 1. The van der Waals surface area contributed by atoms with E-state index < -0.39 is 24.8 Å². The number of hydrogen-bond acceptors (Lipinski definition) is 10. The molecule has 1 amide bonds. The fourth-order valence-electron chi connectivity index (χ4n) is 6.91. The second-order valence-electron chi connectivity index (χ2n) is 14.1. The largest absolute Gasteiger partial charge is 0.463 e. The van der Waals surface area contributed by atoms with Crippen LogP contribution in [-0.2, 0) is 18.8 Å². The SMILES string of the molecule is C#Cc1c(F)ccc2cc(P(C)(C)=O)cc(-c3ncc4c(N5CCOC[C@@H](NC(=O)C=C)C5)nc(OCC5(CN6CCOCC6)CC5)nc4c3F)c12. The van der Waals surface area contributed by atoms with Gasteiger partial charge in [-0.15, -0.1) is 6.42 Å². The number of morpholine rings is 1. The highest BCUT2D eigenvalue weighted by Gasteiger charge is 2.45. The summed E-state index contributed by atoms with van der Waals surface area (Å²) in [7, 11) is -2.86. The minimum Gasteiger partial charge on any atom is -0.463 e. The summed E-state index contributed by atoms with van der Waals surface area (Å²) in [6.45, 7) is 12.3. The standard InChI is InChI=1S/C38H41F2N6O5P/c1-5-27-30(39)8-7-24-17-26(52(3,4)48)18-28(32(24)27)34-33(40)35-29(19-41-34)36(46-13-16-50-21-25(20-46)42-31(47)6-2)44-37(43-35)51-23-38(9-10-38)22-45-11-14-49-15-12-45/h1,6-8,17-19,25H,2,9-16,20-23H2,3-4H3,(H,42,47)/t25-/m0/s1. The average molecular weight is 731 g/mol. The van der Waals surface area contributed by atoms with Crippen LogP contribution >= 0.6 is 7.14 Å². The monoisotopic (exact) mass is 730 g/mol. The summed E-state index contributed by atoms with van der Waals surface area (Å²) >= 11 is 0. The van der Waals surface area contributed by atoms with Gasteiger partial charge in [0.25, 0.3) is 0 Å². The van der Waals surface area contributed by atoms with Crippen LogP contribution in [0.5, 0.6) is 6.01 Å². The van der Waals surface area contributed by atoms with Gasteiger partial charge in [-0.3, -0.25) is 14.7 Å². The Morgan fingerprint density at radius 3 is 2.65 bits per heavy atom. The van der Waals surface area contributed by atoms with Gasteiger partial charge in [-0.2, -0.15) is 9.97 Å². The summed E-state index contributed by atoms with van der Waals surface area (Å²) in [5, 5.41) is 4.44. The molecule has 14 heteroatoms. The van der Waals surface area contributed by atoms with Gasteiger partial charge in [0.1, 0.15) is 30.0 Å². The normalized spacial score (nSPS) is 19.2. The van der Waals surface area contributed by atoms with Crippen LogP contribution in [0, 0.1) is 29.4 Å². The molecule has 0 bridgehead atoms. The first kappa shape index (κ1) is 35.9. The van der Waals surface area contributed by atoms with E-state index in [1.165, 1.54) is 24.4 Å². The number of amides is 1. The summed E-state index contributed by atoms with van der Waals surface area (Å²) in [6, 6.07) is 5.63. The number of nitrogens with one attached hydrogen (secondary N) is 1. The van der Waals surface area contributed by atoms with Crippen LogP contribution in [0.25, 0.3) is 32.9 Å². The van der Waals surface area contributed by atoms with Gasteiger partial charge in [0.15, 0.2) is 5.82 Å². The lowest BCUT2D eigenvalue weighted by Gasteiger charge is -2.30. The van der Waals surface area contributed by atoms with Crippen LogP contribution in [0.3, 0.4) is 0 Å². The molecule has 0 spiro atoms. The summed E-state index contributed by atoms with van der Waals surface area (Å²) in [6.07, 6.45) is 10.4. The van der Waals surface area contributed by atoms with Crippen molar-refractivity contribution in [3.05, 3.63) is 60.3 Å². The third-order valence-corrected chi connectivity index (χ3v) is 11.4. The van der Waals surface area contributed by atoms with Gasteiger partial charge in [0.05, 0.1) is 50.0 Å². The second kappa shape index (κ2) is 14.5. The van der Waals surface area contributed by atoms with Crippen molar-refractivity contribution in [3.8, 4) is 29.6 Å². The van der Waals surface area contributed by atoms with Gasteiger partial charge in [-0.05, 0) is 55.8 Å². The maximum Gasteiger partial charge on any atom is 0.319 e. The Morgan fingerprint density at radius 1 is 1.17 bits per heavy atom. The Hall–Kier alpha value is -4.47. The lowest BCUT2D eigenvalue weighted by atomic mass is 9.96. The highest BCUT2D eigenvalue weighted by Crippen LogP contribution is 2.47. The van der Waals surface area contributed by atoms with Crippen LogP contribution in [0.15, 0.2) is 43.1 Å². The van der Waals surface area contributed by atoms with E-state index in [4.69, 9.17) is 25.6 Å². The summed E-state index contributed by atoms with van der Waals surface area (Å²) in [4.78, 5) is 30.5. The number of fused-ring (bicyclic) bond motifs is 2. The molecule has 3 fully saturated rings. The molecule has 11 nitrogen and oxygen atoms in total. The Labute approximate surface area is 301 Å².